The van der Waals surface area contributed by atoms with Crippen molar-refractivity contribution < 1.29 is 4.52 Å². The Hall–Kier alpha value is -1.93. The van der Waals surface area contributed by atoms with E-state index in [1.165, 1.54) is 23.1 Å². The summed E-state index contributed by atoms with van der Waals surface area (Å²) >= 11 is 3.04. The van der Waals surface area contributed by atoms with Gasteiger partial charge in [0.15, 0.2) is 10.2 Å². The lowest BCUT2D eigenvalue weighted by atomic mass is 9.96. The zero-order valence-corrected chi connectivity index (χ0v) is 14.7. The molecule has 0 atom stereocenters. The van der Waals surface area contributed by atoms with Crippen LogP contribution in [0.5, 0.6) is 0 Å². The topological polar surface area (TPSA) is 76.7 Å². The Balaban J connectivity index is 1.58. The maximum absolute atomic E-state index is 5.27. The molecule has 8 heteroatoms. The summed E-state index contributed by atoms with van der Waals surface area (Å²) in [5, 5.41) is 16.3. The molecule has 0 aliphatic carbocycles. The molecule has 3 rings (SSSR count). The number of hydrogen-bond donors (Lipinski definition) is 1. The average molecular weight is 347 g/mol. The summed E-state index contributed by atoms with van der Waals surface area (Å²) in [5.41, 5.74) is 0.883. The Kier molecular flexibility index (Phi) is 4.63. The van der Waals surface area contributed by atoms with Gasteiger partial charge in [0.25, 0.3) is 0 Å². The lowest BCUT2D eigenvalue weighted by Crippen LogP contribution is -2.13. The summed E-state index contributed by atoms with van der Waals surface area (Å²) < 4.78 is 6.13. The van der Waals surface area contributed by atoms with Crippen molar-refractivity contribution in [2.45, 2.75) is 36.3 Å². The van der Waals surface area contributed by atoms with Gasteiger partial charge >= 0.3 is 0 Å². The Bertz CT molecular complexity index is 764. The van der Waals surface area contributed by atoms with Gasteiger partial charge in [-0.25, -0.2) is 0 Å². The molecule has 0 spiro atoms. The second kappa shape index (κ2) is 6.67. The van der Waals surface area contributed by atoms with Crippen LogP contribution in [-0.2, 0) is 11.2 Å². The van der Waals surface area contributed by atoms with Gasteiger partial charge < -0.3 is 9.84 Å². The first-order chi connectivity index (χ1) is 11.0. The molecular formula is C15H17N5OS2. The van der Waals surface area contributed by atoms with E-state index < -0.39 is 0 Å². The molecule has 1 aromatic carbocycles. The van der Waals surface area contributed by atoms with Crippen molar-refractivity contribution in [1.29, 1.82) is 0 Å². The van der Waals surface area contributed by atoms with Crippen LogP contribution in [0.15, 0.2) is 39.2 Å². The van der Waals surface area contributed by atoms with Crippen molar-refractivity contribution in [3.8, 4) is 0 Å². The van der Waals surface area contributed by atoms with E-state index in [1.54, 1.807) is 0 Å². The van der Waals surface area contributed by atoms with E-state index in [1.807, 2.05) is 30.3 Å². The molecule has 0 unspecified atom stereocenters. The molecule has 0 saturated carbocycles. The molecule has 3 aromatic rings. The minimum atomic E-state index is -0.109. The molecule has 23 heavy (non-hydrogen) atoms. The molecule has 0 fully saturated rings. The Labute approximate surface area is 142 Å². The lowest BCUT2D eigenvalue weighted by molar-refractivity contribution is 0.373. The highest BCUT2D eigenvalue weighted by molar-refractivity contribution is 8.00. The predicted molar refractivity (Wildman–Crippen MR) is 92.2 cm³/mol. The highest BCUT2D eigenvalue weighted by Gasteiger charge is 2.21. The SMILES string of the molecule is CC(C)(C)c1noc(CSc2nnc(Nc3ccccc3)s2)n1. The van der Waals surface area contributed by atoms with Crippen LogP contribution < -0.4 is 5.32 Å². The first-order valence-electron chi connectivity index (χ1n) is 7.12. The van der Waals surface area contributed by atoms with E-state index in [0.717, 1.165) is 21.0 Å². The van der Waals surface area contributed by atoms with Crippen LogP contribution >= 0.6 is 23.1 Å². The third kappa shape index (κ3) is 4.29. The van der Waals surface area contributed by atoms with Crippen LogP contribution in [0, 0.1) is 0 Å². The Morgan fingerprint density at radius 2 is 1.96 bits per heavy atom. The molecule has 0 aliphatic rings. The first kappa shape index (κ1) is 15.9. The number of benzene rings is 1. The molecule has 0 aliphatic heterocycles. The van der Waals surface area contributed by atoms with Gasteiger partial charge in [0.2, 0.25) is 11.0 Å². The van der Waals surface area contributed by atoms with E-state index >= 15 is 0 Å². The molecule has 0 bridgehead atoms. The van der Waals surface area contributed by atoms with Gasteiger partial charge in [-0.1, -0.05) is 67.2 Å². The van der Waals surface area contributed by atoms with Crippen LogP contribution in [0.2, 0.25) is 0 Å². The molecule has 0 saturated heterocycles. The zero-order valence-electron chi connectivity index (χ0n) is 13.1. The van der Waals surface area contributed by atoms with Gasteiger partial charge in [0.05, 0.1) is 5.75 Å². The average Bonchev–Trinajstić information content (AvgIpc) is 3.15. The van der Waals surface area contributed by atoms with Crippen molar-refractivity contribution in [2.75, 3.05) is 5.32 Å². The van der Waals surface area contributed by atoms with Gasteiger partial charge in [-0.05, 0) is 12.1 Å². The van der Waals surface area contributed by atoms with Gasteiger partial charge in [-0.3, -0.25) is 0 Å². The number of nitrogens with one attached hydrogen (secondary N) is 1. The molecule has 1 N–H and O–H groups in total. The number of nitrogens with zero attached hydrogens (tertiary/aromatic N) is 4. The number of rotatable bonds is 5. The number of para-hydroxylation sites is 1. The second-order valence-electron chi connectivity index (χ2n) is 5.91. The van der Waals surface area contributed by atoms with Gasteiger partial charge in [0.1, 0.15) is 0 Å². The minimum absolute atomic E-state index is 0.109. The number of anilines is 2. The molecule has 0 radical (unpaired) electrons. The molecular weight excluding hydrogens is 330 g/mol. The maximum Gasteiger partial charge on any atom is 0.237 e. The second-order valence-corrected chi connectivity index (χ2v) is 8.11. The fourth-order valence-corrected chi connectivity index (χ4v) is 3.31. The maximum atomic E-state index is 5.27. The molecule has 6 nitrogen and oxygen atoms in total. The van der Waals surface area contributed by atoms with E-state index in [9.17, 15) is 0 Å². The van der Waals surface area contributed by atoms with Crippen molar-refractivity contribution in [3.05, 3.63) is 42.0 Å². The van der Waals surface area contributed by atoms with E-state index in [0.29, 0.717) is 11.6 Å². The normalized spacial score (nSPS) is 11.6. The van der Waals surface area contributed by atoms with Crippen LogP contribution in [0.1, 0.15) is 32.5 Å². The van der Waals surface area contributed by atoms with Gasteiger partial charge in [-0.2, -0.15) is 4.98 Å². The predicted octanol–water partition coefficient (Wildman–Crippen LogP) is 4.25. The summed E-state index contributed by atoms with van der Waals surface area (Å²) in [6.07, 6.45) is 0. The summed E-state index contributed by atoms with van der Waals surface area (Å²) in [7, 11) is 0. The zero-order chi connectivity index (χ0) is 16.3. The summed E-state index contributed by atoms with van der Waals surface area (Å²) in [4.78, 5) is 4.41. The van der Waals surface area contributed by atoms with Crippen LogP contribution in [-0.4, -0.2) is 20.3 Å². The van der Waals surface area contributed by atoms with Gasteiger partial charge in [0, 0.05) is 11.1 Å². The third-order valence-electron chi connectivity index (χ3n) is 2.89. The monoisotopic (exact) mass is 347 g/mol. The smallest absolute Gasteiger partial charge is 0.237 e. The van der Waals surface area contributed by atoms with E-state index in [-0.39, 0.29) is 5.41 Å². The van der Waals surface area contributed by atoms with E-state index in [2.05, 4.69) is 46.4 Å². The molecule has 120 valence electrons. The molecule has 2 aromatic heterocycles. The van der Waals surface area contributed by atoms with Crippen molar-refractivity contribution >= 4 is 33.9 Å². The van der Waals surface area contributed by atoms with Crippen LogP contribution in [0.4, 0.5) is 10.8 Å². The minimum Gasteiger partial charge on any atom is -0.338 e. The quantitative estimate of drug-likeness (QED) is 0.691. The van der Waals surface area contributed by atoms with Crippen molar-refractivity contribution in [3.63, 3.8) is 0 Å². The first-order valence-corrected chi connectivity index (χ1v) is 8.92. The fraction of sp³-hybridized carbons (Fsp3) is 0.333. The van der Waals surface area contributed by atoms with E-state index in [4.69, 9.17) is 4.52 Å². The largest absolute Gasteiger partial charge is 0.338 e. The van der Waals surface area contributed by atoms with Crippen LogP contribution in [0.25, 0.3) is 0 Å². The van der Waals surface area contributed by atoms with Crippen LogP contribution in [0.3, 0.4) is 0 Å². The van der Waals surface area contributed by atoms with Crippen molar-refractivity contribution in [2.24, 2.45) is 0 Å². The standard InChI is InChI=1S/C15H17N5OS2/c1-15(2,3)12-17-11(21-20-12)9-22-14-19-18-13(23-14)16-10-7-5-4-6-8-10/h4-8H,9H2,1-3H3,(H,16,18). The number of aromatic nitrogens is 4. The number of hydrogen-bond acceptors (Lipinski definition) is 8. The fourth-order valence-electron chi connectivity index (χ4n) is 1.71. The lowest BCUT2D eigenvalue weighted by Gasteiger charge is -2.10. The molecule has 0 amide bonds. The number of thioether (sulfide) groups is 1. The Morgan fingerprint density at radius 3 is 2.65 bits per heavy atom. The summed E-state index contributed by atoms with van der Waals surface area (Å²) in [5.74, 6) is 1.91. The summed E-state index contributed by atoms with van der Waals surface area (Å²) in [6, 6.07) is 9.90. The summed E-state index contributed by atoms with van der Waals surface area (Å²) in [6.45, 7) is 6.17. The molecule has 2 heterocycles. The van der Waals surface area contributed by atoms with Gasteiger partial charge in [-0.15, -0.1) is 10.2 Å². The van der Waals surface area contributed by atoms with Crippen molar-refractivity contribution in [1.82, 2.24) is 20.3 Å². The Morgan fingerprint density at radius 1 is 1.17 bits per heavy atom. The highest BCUT2D eigenvalue weighted by atomic mass is 32.2. The highest BCUT2D eigenvalue weighted by Crippen LogP contribution is 2.30. The third-order valence-corrected chi connectivity index (χ3v) is 4.85.